The lowest BCUT2D eigenvalue weighted by molar-refractivity contribution is 0.717. The van der Waals surface area contributed by atoms with Gasteiger partial charge in [0, 0.05) is 10.6 Å². The molecular formula is C12H11BrN6S. The monoisotopic (exact) mass is 350 g/mol. The average molecular weight is 351 g/mol. The SMILES string of the molecule is Cc1cc(C)n(-c2nncn2/N=C\c2ccc(Br)s2)n1. The van der Waals surface area contributed by atoms with E-state index in [0.29, 0.717) is 5.95 Å². The van der Waals surface area contributed by atoms with Gasteiger partial charge in [-0.25, -0.2) is 4.68 Å². The molecular weight excluding hydrogens is 340 g/mol. The molecule has 0 saturated heterocycles. The highest BCUT2D eigenvalue weighted by Gasteiger charge is 2.10. The maximum absolute atomic E-state index is 4.39. The fourth-order valence-corrected chi connectivity index (χ4v) is 3.08. The Hall–Kier alpha value is -1.80. The van der Waals surface area contributed by atoms with Crippen LogP contribution in [0, 0.1) is 13.8 Å². The van der Waals surface area contributed by atoms with Crippen molar-refractivity contribution >= 4 is 33.5 Å². The van der Waals surface area contributed by atoms with Crippen LogP contribution < -0.4 is 0 Å². The summed E-state index contributed by atoms with van der Waals surface area (Å²) in [6, 6.07) is 5.96. The van der Waals surface area contributed by atoms with Crippen LogP contribution in [0.2, 0.25) is 0 Å². The van der Waals surface area contributed by atoms with Crippen LogP contribution >= 0.6 is 27.3 Å². The van der Waals surface area contributed by atoms with E-state index in [1.54, 1.807) is 33.2 Å². The highest BCUT2D eigenvalue weighted by molar-refractivity contribution is 9.11. The standard InChI is InChI=1S/C12H11BrN6S/c1-8-5-9(2)19(17-8)12-16-14-7-18(12)15-6-10-3-4-11(13)20-10/h3-7H,1-2H3/b15-6-. The molecule has 0 aliphatic rings. The van der Waals surface area contributed by atoms with Crippen molar-refractivity contribution in [2.24, 2.45) is 5.10 Å². The predicted molar refractivity (Wildman–Crippen MR) is 81.6 cm³/mol. The van der Waals surface area contributed by atoms with Crippen molar-refractivity contribution in [3.8, 4) is 5.95 Å². The third-order valence-electron chi connectivity index (χ3n) is 2.62. The van der Waals surface area contributed by atoms with Crippen LogP contribution in [0.4, 0.5) is 0 Å². The van der Waals surface area contributed by atoms with Crippen LogP contribution in [0.15, 0.2) is 33.4 Å². The Balaban J connectivity index is 1.94. The maximum atomic E-state index is 4.39. The minimum absolute atomic E-state index is 0.572. The molecule has 0 amide bonds. The van der Waals surface area contributed by atoms with E-state index in [-0.39, 0.29) is 0 Å². The van der Waals surface area contributed by atoms with Crippen LogP contribution in [-0.4, -0.2) is 30.9 Å². The molecule has 0 N–H and O–H groups in total. The first-order chi connectivity index (χ1) is 9.63. The summed E-state index contributed by atoms with van der Waals surface area (Å²) >= 11 is 5.03. The van der Waals surface area contributed by atoms with Gasteiger partial charge in [0.05, 0.1) is 15.7 Å². The van der Waals surface area contributed by atoms with E-state index < -0.39 is 0 Å². The normalized spacial score (nSPS) is 11.6. The van der Waals surface area contributed by atoms with Crippen molar-refractivity contribution in [2.75, 3.05) is 0 Å². The van der Waals surface area contributed by atoms with Gasteiger partial charge in [0.1, 0.15) is 6.33 Å². The van der Waals surface area contributed by atoms with Gasteiger partial charge in [0.2, 0.25) is 0 Å². The highest BCUT2D eigenvalue weighted by atomic mass is 79.9. The number of aromatic nitrogens is 5. The molecule has 0 aromatic carbocycles. The van der Waals surface area contributed by atoms with Gasteiger partial charge in [-0.05, 0) is 48.0 Å². The Kier molecular flexibility index (Phi) is 3.49. The summed E-state index contributed by atoms with van der Waals surface area (Å²) in [7, 11) is 0. The summed E-state index contributed by atoms with van der Waals surface area (Å²) in [6.07, 6.45) is 3.33. The Morgan fingerprint density at radius 3 is 2.85 bits per heavy atom. The van der Waals surface area contributed by atoms with E-state index in [1.165, 1.54) is 0 Å². The fourth-order valence-electron chi connectivity index (χ4n) is 1.79. The van der Waals surface area contributed by atoms with Crippen molar-refractivity contribution in [3.63, 3.8) is 0 Å². The Morgan fingerprint density at radius 1 is 1.35 bits per heavy atom. The molecule has 0 bridgehead atoms. The number of aryl methyl sites for hydroxylation is 2. The van der Waals surface area contributed by atoms with E-state index in [0.717, 1.165) is 20.1 Å². The van der Waals surface area contributed by atoms with Gasteiger partial charge in [0.15, 0.2) is 0 Å². The van der Waals surface area contributed by atoms with E-state index in [1.807, 2.05) is 32.0 Å². The summed E-state index contributed by atoms with van der Waals surface area (Å²) in [5, 5.41) is 16.7. The zero-order chi connectivity index (χ0) is 14.1. The maximum Gasteiger partial charge on any atom is 0.273 e. The number of thiophene rings is 1. The third kappa shape index (κ3) is 2.56. The first kappa shape index (κ1) is 13.2. The lowest BCUT2D eigenvalue weighted by atomic mass is 10.4. The van der Waals surface area contributed by atoms with E-state index in [4.69, 9.17) is 0 Å². The molecule has 0 saturated carbocycles. The Labute approximate surface area is 127 Å². The van der Waals surface area contributed by atoms with Gasteiger partial charge < -0.3 is 0 Å². The first-order valence-electron chi connectivity index (χ1n) is 5.87. The number of nitrogens with zero attached hydrogens (tertiary/aromatic N) is 6. The summed E-state index contributed by atoms with van der Waals surface area (Å²) in [4.78, 5) is 1.05. The number of hydrogen-bond donors (Lipinski definition) is 0. The van der Waals surface area contributed by atoms with Crippen LogP contribution in [0.1, 0.15) is 16.3 Å². The molecule has 3 heterocycles. The van der Waals surface area contributed by atoms with Crippen LogP contribution in [0.3, 0.4) is 0 Å². The molecule has 0 atom stereocenters. The topological polar surface area (TPSA) is 60.9 Å². The average Bonchev–Trinajstić information content (AvgIpc) is 3.07. The third-order valence-corrected chi connectivity index (χ3v) is 4.17. The highest BCUT2D eigenvalue weighted by Crippen LogP contribution is 2.20. The largest absolute Gasteiger partial charge is 0.273 e. The van der Waals surface area contributed by atoms with Crippen molar-refractivity contribution in [1.82, 2.24) is 24.7 Å². The van der Waals surface area contributed by atoms with Crippen molar-refractivity contribution in [2.45, 2.75) is 13.8 Å². The lowest BCUT2D eigenvalue weighted by Gasteiger charge is -2.01. The summed E-state index contributed by atoms with van der Waals surface area (Å²) in [5.74, 6) is 0.572. The molecule has 3 aromatic heterocycles. The molecule has 0 aliphatic carbocycles. The number of rotatable bonds is 3. The predicted octanol–water partition coefficient (Wildman–Crippen LogP) is 2.79. The molecule has 0 aliphatic heterocycles. The summed E-state index contributed by atoms with van der Waals surface area (Å²) in [6.45, 7) is 3.91. The van der Waals surface area contributed by atoms with Gasteiger partial charge >= 0.3 is 0 Å². The smallest absolute Gasteiger partial charge is 0.202 e. The summed E-state index contributed by atoms with van der Waals surface area (Å²) < 4.78 is 4.40. The number of hydrogen-bond acceptors (Lipinski definition) is 5. The molecule has 0 radical (unpaired) electrons. The molecule has 0 unspecified atom stereocenters. The number of halogens is 1. The van der Waals surface area contributed by atoms with Gasteiger partial charge in [-0.2, -0.15) is 14.9 Å². The second-order valence-electron chi connectivity index (χ2n) is 4.20. The first-order valence-corrected chi connectivity index (χ1v) is 7.48. The zero-order valence-electron chi connectivity index (χ0n) is 10.9. The summed E-state index contributed by atoms with van der Waals surface area (Å²) in [5.41, 5.74) is 1.93. The fraction of sp³-hybridized carbons (Fsp3) is 0.167. The Morgan fingerprint density at radius 2 is 2.20 bits per heavy atom. The van der Waals surface area contributed by atoms with Gasteiger partial charge in [-0.1, -0.05) is 0 Å². The second-order valence-corrected chi connectivity index (χ2v) is 6.70. The minimum atomic E-state index is 0.572. The van der Waals surface area contributed by atoms with Crippen LogP contribution in [0.5, 0.6) is 0 Å². The molecule has 8 heteroatoms. The van der Waals surface area contributed by atoms with Crippen LogP contribution in [0.25, 0.3) is 5.95 Å². The van der Waals surface area contributed by atoms with Gasteiger partial charge in [-0.3, -0.25) is 0 Å². The molecule has 3 aromatic rings. The molecule has 0 spiro atoms. The van der Waals surface area contributed by atoms with Crippen molar-refractivity contribution in [3.05, 3.63) is 44.6 Å². The minimum Gasteiger partial charge on any atom is -0.202 e. The van der Waals surface area contributed by atoms with Crippen molar-refractivity contribution < 1.29 is 0 Å². The quantitative estimate of drug-likeness (QED) is 0.682. The lowest BCUT2D eigenvalue weighted by Crippen LogP contribution is -2.06. The molecule has 20 heavy (non-hydrogen) atoms. The van der Waals surface area contributed by atoms with Crippen molar-refractivity contribution in [1.29, 1.82) is 0 Å². The van der Waals surface area contributed by atoms with Crippen LogP contribution in [-0.2, 0) is 0 Å². The van der Waals surface area contributed by atoms with Gasteiger partial charge in [-0.15, -0.1) is 21.5 Å². The second kappa shape index (κ2) is 5.29. The molecule has 3 rings (SSSR count). The van der Waals surface area contributed by atoms with E-state index in [2.05, 4.69) is 36.3 Å². The Bertz CT molecular complexity index is 769. The van der Waals surface area contributed by atoms with E-state index >= 15 is 0 Å². The zero-order valence-corrected chi connectivity index (χ0v) is 13.3. The van der Waals surface area contributed by atoms with E-state index in [9.17, 15) is 0 Å². The van der Waals surface area contributed by atoms with Gasteiger partial charge in [0.25, 0.3) is 5.95 Å². The molecule has 102 valence electrons. The molecule has 6 nitrogen and oxygen atoms in total. The molecule has 0 fully saturated rings.